The molecule has 1 fully saturated rings. The van der Waals surface area contributed by atoms with E-state index >= 15 is 0 Å². The fourth-order valence-corrected chi connectivity index (χ4v) is 2.32. The molecule has 4 nitrogen and oxygen atoms in total. The van der Waals surface area contributed by atoms with Gasteiger partial charge in [0.25, 0.3) is 0 Å². The summed E-state index contributed by atoms with van der Waals surface area (Å²) in [6.07, 6.45) is 3.89. The van der Waals surface area contributed by atoms with E-state index < -0.39 is 0 Å². The molecule has 20 heavy (non-hydrogen) atoms. The van der Waals surface area contributed by atoms with Crippen LogP contribution in [0.1, 0.15) is 51.6 Å². The van der Waals surface area contributed by atoms with Crippen molar-refractivity contribution in [2.24, 2.45) is 5.92 Å². The number of nitrogens with zero attached hydrogens (tertiary/aromatic N) is 3. The Kier molecular flexibility index (Phi) is 5.35. The van der Waals surface area contributed by atoms with E-state index in [9.17, 15) is 0 Å². The number of aromatic nitrogens is 2. The third-order valence-corrected chi connectivity index (χ3v) is 3.72. The maximum Gasteiger partial charge on any atom is 0.144 e. The molecule has 1 saturated carbocycles. The van der Waals surface area contributed by atoms with E-state index in [-0.39, 0.29) is 0 Å². The van der Waals surface area contributed by atoms with Gasteiger partial charge in [-0.05, 0) is 46.0 Å². The fourth-order valence-electron chi connectivity index (χ4n) is 2.32. The van der Waals surface area contributed by atoms with E-state index in [0.717, 1.165) is 42.8 Å². The van der Waals surface area contributed by atoms with Crippen LogP contribution in [-0.2, 0) is 6.54 Å². The van der Waals surface area contributed by atoms with Gasteiger partial charge in [-0.1, -0.05) is 6.92 Å². The summed E-state index contributed by atoms with van der Waals surface area (Å²) in [7, 11) is 0. The molecule has 0 atom stereocenters. The lowest BCUT2D eigenvalue weighted by atomic mass is 10.2. The largest absolute Gasteiger partial charge is 0.370 e. The van der Waals surface area contributed by atoms with Gasteiger partial charge in [-0.3, -0.25) is 4.90 Å². The van der Waals surface area contributed by atoms with Gasteiger partial charge in [0.15, 0.2) is 0 Å². The monoisotopic (exact) mass is 276 g/mol. The van der Waals surface area contributed by atoms with Gasteiger partial charge in [-0.2, -0.15) is 0 Å². The average molecular weight is 276 g/mol. The van der Waals surface area contributed by atoms with Crippen molar-refractivity contribution in [3.8, 4) is 0 Å². The fraction of sp³-hybridized carbons (Fsp3) is 0.750. The number of nitrogens with one attached hydrogen (secondary N) is 1. The van der Waals surface area contributed by atoms with Crippen molar-refractivity contribution >= 4 is 5.82 Å². The summed E-state index contributed by atoms with van der Waals surface area (Å²) in [5.74, 6) is 2.81. The minimum absolute atomic E-state index is 0.548. The highest BCUT2D eigenvalue weighted by Gasteiger charge is 2.26. The number of hydrogen-bond acceptors (Lipinski definition) is 4. The molecule has 112 valence electrons. The van der Waals surface area contributed by atoms with Crippen LogP contribution in [0.4, 0.5) is 5.82 Å². The minimum atomic E-state index is 0.548. The Hall–Kier alpha value is -1.16. The van der Waals surface area contributed by atoms with Crippen LogP contribution in [0.25, 0.3) is 0 Å². The third kappa shape index (κ3) is 4.75. The summed E-state index contributed by atoms with van der Waals surface area (Å²) in [5.41, 5.74) is 1.05. The predicted octanol–water partition coefficient (Wildman–Crippen LogP) is 3.23. The van der Waals surface area contributed by atoms with Gasteiger partial charge >= 0.3 is 0 Å². The van der Waals surface area contributed by atoms with Crippen molar-refractivity contribution in [1.82, 2.24) is 14.9 Å². The van der Waals surface area contributed by atoms with Crippen LogP contribution in [0.2, 0.25) is 0 Å². The van der Waals surface area contributed by atoms with Crippen molar-refractivity contribution in [3.05, 3.63) is 17.6 Å². The van der Waals surface area contributed by atoms with E-state index in [2.05, 4.69) is 41.0 Å². The summed E-state index contributed by atoms with van der Waals surface area (Å²) in [5, 5.41) is 3.36. The molecule has 0 aromatic carbocycles. The zero-order valence-corrected chi connectivity index (χ0v) is 13.3. The Morgan fingerprint density at radius 2 is 2.10 bits per heavy atom. The lowest BCUT2D eigenvalue weighted by molar-refractivity contribution is 0.198. The first-order valence-electron chi connectivity index (χ1n) is 7.91. The molecule has 1 heterocycles. The molecule has 0 saturated heterocycles. The zero-order chi connectivity index (χ0) is 14.5. The van der Waals surface area contributed by atoms with Crippen molar-refractivity contribution in [3.63, 3.8) is 0 Å². The van der Waals surface area contributed by atoms with E-state index in [0.29, 0.717) is 6.04 Å². The maximum atomic E-state index is 4.66. The van der Waals surface area contributed by atoms with E-state index in [1.807, 2.05) is 13.0 Å². The molecule has 0 radical (unpaired) electrons. The molecule has 1 aliphatic carbocycles. The molecule has 0 amide bonds. The summed E-state index contributed by atoms with van der Waals surface area (Å²) in [4.78, 5) is 11.8. The molecule has 0 unspecified atom stereocenters. The second-order valence-electron chi connectivity index (χ2n) is 6.20. The predicted molar refractivity (Wildman–Crippen MR) is 83.8 cm³/mol. The van der Waals surface area contributed by atoms with Gasteiger partial charge in [0.05, 0.1) is 6.54 Å². The second kappa shape index (κ2) is 7.02. The number of hydrogen-bond donors (Lipinski definition) is 1. The number of anilines is 1. The molecular weight excluding hydrogens is 248 g/mol. The molecule has 1 aliphatic rings. The average Bonchev–Trinajstić information content (AvgIpc) is 3.19. The standard InChI is InChI=1S/C16H28N4/c1-5-8-17-15-9-13(4)18-16(19-15)11-20(12(2)3)10-14-6-7-14/h9,12,14H,5-8,10-11H2,1-4H3,(H,17,18,19). The van der Waals surface area contributed by atoms with Gasteiger partial charge in [0.1, 0.15) is 11.6 Å². The normalized spacial score (nSPS) is 15.1. The van der Waals surface area contributed by atoms with E-state index in [1.165, 1.54) is 19.4 Å². The van der Waals surface area contributed by atoms with Gasteiger partial charge in [-0.25, -0.2) is 9.97 Å². The Bertz CT molecular complexity index is 426. The highest BCUT2D eigenvalue weighted by molar-refractivity contribution is 5.35. The molecule has 0 spiro atoms. The molecule has 1 aromatic heterocycles. The van der Waals surface area contributed by atoms with Crippen molar-refractivity contribution in [2.75, 3.05) is 18.4 Å². The van der Waals surface area contributed by atoms with Crippen LogP contribution < -0.4 is 5.32 Å². The first-order chi connectivity index (χ1) is 9.58. The summed E-state index contributed by atoms with van der Waals surface area (Å²) < 4.78 is 0. The zero-order valence-electron chi connectivity index (χ0n) is 13.3. The third-order valence-electron chi connectivity index (χ3n) is 3.72. The van der Waals surface area contributed by atoms with Crippen molar-refractivity contribution < 1.29 is 0 Å². The molecule has 0 aliphatic heterocycles. The Labute approximate surface area is 123 Å². The lowest BCUT2D eigenvalue weighted by Crippen LogP contribution is -2.33. The topological polar surface area (TPSA) is 41.1 Å². The van der Waals surface area contributed by atoms with Gasteiger partial charge in [0, 0.05) is 30.9 Å². The van der Waals surface area contributed by atoms with E-state index in [1.54, 1.807) is 0 Å². The van der Waals surface area contributed by atoms with Crippen LogP contribution >= 0.6 is 0 Å². The molecule has 2 rings (SSSR count). The molecule has 1 N–H and O–H groups in total. The smallest absolute Gasteiger partial charge is 0.144 e. The summed E-state index contributed by atoms with van der Waals surface area (Å²) >= 11 is 0. The Morgan fingerprint density at radius 1 is 1.35 bits per heavy atom. The van der Waals surface area contributed by atoms with Gasteiger partial charge in [0.2, 0.25) is 0 Å². The van der Waals surface area contributed by atoms with Crippen LogP contribution in [0.15, 0.2) is 6.07 Å². The first kappa shape index (κ1) is 15.2. The van der Waals surface area contributed by atoms with Gasteiger partial charge in [-0.15, -0.1) is 0 Å². The van der Waals surface area contributed by atoms with Crippen molar-refractivity contribution in [1.29, 1.82) is 0 Å². The Balaban J connectivity index is 2.03. The minimum Gasteiger partial charge on any atom is -0.370 e. The van der Waals surface area contributed by atoms with Crippen LogP contribution in [0.3, 0.4) is 0 Å². The van der Waals surface area contributed by atoms with Crippen LogP contribution in [0, 0.1) is 12.8 Å². The summed E-state index contributed by atoms with van der Waals surface area (Å²) in [6, 6.07) is 2.58. The first-order valence-corrected chi connectivity index (χ1v) is 7.91. The molecular formula is C16H28N4. The van der Waals surface area contributed by atoms with E-state index in [4.69, 9.17) is 0 Å². The highest BCUT2D eigenvalue weighted by Crippen LogP contribution is 2.30. The number of aryl methyl sites for hydroxylation is 1. The maximum absolute atomic E-state index is 4.66. The second-order valence-corrected chi connectivity index (χ2v) is 6.20. The van der Waals surface area contributed by atoms with Crippen LogP contribution in [-0.4, -0.2) is 34.0 Å². The molecule has 4 heteroatoms. The highest BCUT2D eigenvalue weighted by atomic mass is 15.2. The van der Waals surface area contributed by atoms with Crippen molar-refractivity contribution in [2.45, 2.75) is 59.5 Å². The lowest BCUT2D eigenvalue weighted by Gasteiger charge is -2.25. The molecule has 0 bridgehead atoms. The van der Waals surface area contributed by atoms with Crippen LogP contribution in [0.5, 0.6) is 0 Å². The number of rotatable bonds is 8. The molecule has 1 aromatic rings. The summed E-state index contributed by atoms with van der Waals surface area (Å²) in [6.45, 7) is 11.7. The Morgan fingerprint density at radius 3 is 2.70 bits per heavy atom. The SMILES string of the molecule is CCCNc1cc(C)nc(CN(CC2CC2)C(C)C)n1. The quantitative estimate of drug-likeness (QED) is 0.791. The van der Waals surface area contributed by atoms with Gasteiger partial charge < -0.3 is 5.32 Å².